The van der Waals surface area contributed by atoms with Crippen LogP contribution in [0.1, 0.15) is 18.1 Å². The van der Waals surface area contributed by atoms with Gasteiger partial charge >= 0.3 is 0 Å². The SMILES string of the molecule is CC1=CN(CCN(C)C)c2ccccc2C(c2ccc(F)cc2)=N1. The standard InChI is InChI=1S/C20H22FN3/c1-15-14-24(13-12-23(2)3)19-7-5-4-6-18(19)20(22-15)16-8-10-17(21)11-9-16/h4-11,14H,12-13H2,1-3H3. The van der Waals surface area contributed by atoms with E-state index in [2.05, 4.69) is 42.2 Å². The maximum atomic E-state index is 13.3. The first-order chi connectivity index (χ1) is 11.5. The maximum Gasteiger partial charge on any atom is 0.123 e. The van der Waals surface area contributed by atoms with Crippen LogP contribution in [0.2, 0.25) is 0 Å². The van der Waals surface area contributed by atoms with E-state index in [1.54, 1.807) is 12.1 Å². The monoisotopic (exact) mass is 323 g/mol. The second-order valence-corrected chi connectivity index (χ2v) is 6.25. The number of allylic oxidation sites excluding steroid dienone is 1. The van der Waals surface area contributed by atoms with E-state index < -0.39 is 0 Å². The maximum absolute atomic E-state index is 13.3. The first-order valence-electron chi connectivity index (χ1n) is 8.08. The van der Waals surface area contributed by atoms with Crippen molar-refractivity contribution in [2.75, 3.05) is 32.1 Å². The van der Waals surface area contributed by atoms with Crippen molar-refractivity contribution in [3.05, 3.63) is 77.4 Å². The van der Waals surface area contributed by atoms with E-state index in [1.807, 2.05) is 19.1 Å². The van der Waals surface area contributed by atoms with Gasteiger partial charge in [-0.1, -0.05) is 18.2 Å². The molecule has 0 spiro atoms. The second kappa shape index (κ2) is 6.97. The summed E-state index contributed by atoms with van der Waals surface area (Å²) in [6.45, 7) is 3.83. The topological polar surface area (TPSA) is 18.8 Å². The lowest BCUT2D eigenvalue weighted by molar-refractivity contribution is 0.418. The predicted molar refractivity (Wildman–Crippen MR) is 98.1 cm³/mol. The summed E-state index contributed by atoms with van der Waals surface area (Å²) >= 11 is 0. The zero-order valence-corrected chi connectivity index (χ0v) is 14.3. The number of anilines is 1. The van der Waals surface area contributed by atoms with Gasteiger partial charge in [-0.2, -0.15) is 0 Å². The largest absolute Gasteiger partial charge is 0.344 e. The molecule has 124 valence electrons. The van der Waals surface area contributed by atoms with Crippen LogP contribution in [0.5, 0.6) is 0 Å². The number of aliphatic imine (C=N–C) groups is 1. The van der Waals surface area contributed by atoms with E-state index in [1.165, 1.54) is 12.1 Å². The van der Waals surface area contributed by atoms with Crippen molar-refractivity contribution in [2.45, 2.75) is 6.92 Å². The fraction of sp³-hybridized carbons (Fsp3) is 0.250. The van der Waals surface area contributed by atoms with Gasteiger partial charge in [-0.25, -0.2) is 4.39 Å². The average molecular weight is 323 g/mol. The molecule has 0 radical (unpaired) electrons. The molecule has 0 atom stereocenters. The van der Waals surface area contributed by atoms with Gasteiger partial charge in [0.25, 0.3) is 0 Å². The summed E-state index contributed by atoms with van der Waals surface area (Å²) in [5.41, 5.74) is 4.93. The molecule has 0 amide bonds. The van der Waals surface area contributed by atoms with Crippen LogP contribution in [-0.2, 0) is 0 Å². The molecule has 0 bridgehead atoms. The van der Waals surface area contributed by atoms with Crippen molar-refractivity contribution in [2.24, 2.45) is 4.99 Å². The van der Waals surface area contributed by atoms with Gasteiger partial charge in [-0.3, -0.25) is 4.99 Å². The van der Waals surface area contributed by atoms with Gasteiger partial charge in [0.2, 0.25) is 0 Å². The fourth-order valence-electron chi connectivity index (χ4n) is 2.81. The number of rotatable bonds is 4. The van der Waals surface area contributed by atoms with Crippen LogP contribution in [-0.4, -0.2) is 37.8 Å². The molecular weight excluding hydrogens is 301 g/mol. The van der Waals surface area contributed by atoms with Crippen LogP contribution in [0.15, 0.2) is 65.4 Å². The van der Waals surface area contributed by atoms with Gasteiger partial charge in [0.05, 0.1) is 17.1 Å². The van der Waals surface area contributed by atoms with E-state index in [4.69, 9.17) is 4.99 Å². The molecule has 2 aromatic carbocycles. The van der Waals surface area contributed by atoms with Gasteiger partial charge in [0.15, 0.2) is 0 Å². The molecule has 0 unspecified atom stereocenters. The van der Waals surface area contributed by atoms with Crippen LogP contribution in [0.4, 0.5) is 10.1 Å². The summed E-state index contributed by atoms with van der Waals surface area (Å²) in [4.78, 5) is 9.20. The first-order valence-corrected chi connectivity index (χ1v) is 8.08. The third kappa shape index (κ3) is 3.54. The Morgan fingerprint density at radius 3 is 2.46 bits per heavy atom. The number of halogens is 1. The van der Waals surface area contributed by atoms with Gasteiger partial charge in [0.1, 0.15) is 5.82 Å². The third-order valence-electron chi connectivity index (χ3n) is 4.01. The Morgan fingerprint density at radius 2 is 1.75 bits per heavy atom. The molecule has 24 heavy (non-hydrogen) atoms. The van der Waals surface area contributed by atoms with Crippen molar-refractivity contribution in [1.82, 2.24) is 4.90 Å². The lowest BCUT2D eigenvalue weighted by atomic mass is 10.00. The minimum atomic E-state index is -0.235. The van der Waals surface area contributed by atoms with Crippen molar-refractivity contribution >= 4 is 11.4 Å². The van der Waals surface area contributed by atoms with Gasteiger partial charge in [-0.15, -0.1) is 0 Å². The highest BCUT2D eigenvalue weighted by molar-refractivity contribution is 6.16. The van der Waals surface area contributed by atoms with E-state index in [-0.39, 0.29) is 5.82 Å². The number of hydrogen-bond acceptors (Lipinski definition) is 3. The average Bonchev–Trinajstić information content (AvgIpc) is 2.71. The number of nitrogens with zero attached hydrogens (tertiary/aromatic N) is 3. The lowest BCUT2D eigenvalue weighted by Gasteiger charge is -2.24. The van der Waals surface area contributed by atoms with Gasteiger partial charge in [-0.05, 0) is 51.4 Å². The Balaban J connectivity index is 2.06. The van der Waals surface area contributed by atoms with Crippen LogP contribution in [0, 0.1) is 5.82 Å². The first kappa shape index (κ1) is 16.4. The van der Waals surface area contributed by atoms with E-state index >= 15 is 0 Å². The quantitative estimate of drug-likeness (QED) is 0.849. The van der Waals surface area contributed by atoms with Crippen LogP contribution in [0.3, 0.4) is 0 Å². The number of likely N-dealkylation sites (N-methyl/N-ethyl adjacent to an activating group) is 1. The molecule has 3 rings (SSSR count). The summed E-state index contributed by atoms with van der Waals surface area (Å²) in [7, 11) is 4.14. The van der Waals surface area contributed by atoms with Gasteiger partial charge in [0, 0.05) is 30.4 Å². The van der Waals surface area contributed by atoms with Crippen LogP contribution in [0.25, 0.3) is 0 Å². The fourth-order valence-corrected chi connectivity index (χ4v) is 2.81. The molecule has 4 heteroatoms. The summed E-state index contributed by atoms with van der Waals surface area (Å²) in [6.07, 6.45) is 2.08. The van der Waals surface area contributed by atoms with Crippen molar-refractivity contribution in [3.63, 3.8) is 0 Å². The van der Waals surface area contributed by atoms with E-state index in [0.29, 0.717) is 0 Å². The molecule has 0 aromatic heterocycles. The molecule has 0 N–H and O–H groups in total. The Morgan fingerprint density at radius 1 is 1.04 bits per heavy atom. The van der Waals surface area contributed by atoms with Gasteiger partial charge < -0.3 is 9.80 Å². The number of para-hydroxylation sites is 1. The molecule has 3 nitrogen and oxygen atoms in total. The molecule has 1 aliphatic heterocycles. The molecule has 1 aliphatic rings. The van der Waals surface area contributed by atoms with E-state index in [9.17, 15) is 4.39 Å². The smallest absolute Gasteiger partial charge is 0.123 e. The Kier molecular flexibility index (Phi) is 4.76. The molecule has 0 aliphatic carbocycles. The Bertz CT molecular complexity index is 776. The molecule has 0 fully saturated rings. The molecule has 1 heterocycles. The predicted octanol–water partition coefficient (Wildman–Crippen LogP) is 3.91. The number of fused-ring (bicyclic) bond motifs is 1. The normalized spacial score (nSPS) is 14.1. The zero-order chi connectivity index (χ0) is 17.1. The summed E-state index contributed by atoms with van der Waals surface area (Å²) in [5.74, 6) is -0.235. The molecule has 2 aromatic rings. The summed E-state index contributed by atoms with van der Waals surface area (Å²) in [5, 5.41) is 0. The Hall–Kier alpha value is -2.46. The molecular formula is C20H22FN3. The van der Waals surface area contributed by atoms with Crippen LogP contribution >= 0.6 is 0 Å². The highest BCUT2D eigenvalue weighted by Crippen LogP contribution is 2.28. The third-order valence-corrected chi connectivity index (χ3v) is 4.01. The molecule has 0 saturated heterocycles. The highest BCUT2D eigenvalue weighted by Gasteiger charge is 2.18. The second-order valence-electron chi connectivity index (χ2n) is 6.25. The summed E-state index contributed by atoms with van der Waals surface area (Å²) < 4.78 is 13.3. The summed E-state index contributed by atoms with van der Waals surface area (Å²) in [6, 6.07) is 14.8. The number of benzene rings is 2. The van der Waals surface area contributed by atoms with Crippen LogP contribution < -0.4 is 4.90 Å². The lowest BCUT2D eigenvalue weighted by Crippen LogP contribution is -2.28. The van der Waals surface area contributed by atoms with Crippen molar-refractivity contribution in [3.8, 4) is 0 Å². The Labute approximate surface area is 142 Å². The number of hydrogen-bond donors (Lipinski definition) is 0. The van der Waals surface area contributed by atoms with Crippen molar-refractivity contribution in [1.29, 1.82) is 0 Å². The van der Waals surface area contributed by atoms with E-state index in [0.717, 1.165) is 41.3 Å². The van der Waals surface area contributed by atoms with Crippen molar-refractivity contribution < 1.29 is 4.39 Å². The zero-order valence-electron chi connectivity index (χ0n) is 14.3. The molecule has 0 saturated carbocycles. The highest BCUT2D eigenvalue weighted by atomic mass is 19.1. The minimum absolute atomic E-state index is 0.235. The minimum Gasteiger partial charge on any atom is -0.344 e.